The van der Waals surface area contributed by atoms with E-state index in [9.17, 15) is 10.1 Å². The summed E-state index contributed by atoms with van der Waals surface area (Å²) in [6, 6.07) is 33.7. The molecule has 0 heterocycles. The number of hydrogen-bond donors (Lipinski definition) is 0. The highest BCUT2D eigenvalue weighted by Gasteiger charge is 2.31. The SMILES string of the molecule is CCC1C(c2ccc(CC(=O)Cc3ccc(Oc4ccccc4)cc3)cc2)=C(C#N)c2ccc(OC)cc21. The Balaban J connectivity index is 1.26. The Bertz CT molecular complexity index is 1510. The van der Waals surface area contributed by atoms with Crippen molar-refractivity contribution in [1.82, 2.24) is 0 Å². The van der Waals surface area contributed by atoms with Gasteiger partial charge in [0.05, 0.1) is 12.7 Å². The van der Waals surface area contributed by atoms with Gasteiger partial charge in [0.2, 0.25) is 0 Å². The number of nitriles is 1. The molecule has 1 atom stereocenters. The summed E-state index contributed by atoms with van der Waals surface area (Å²) in [7, 11) is 1.66. The Kier molecular flexibility index (Phi) is 7.38. The van der Waals surface area contributed by atoms with Gasteiger partial charge in [0.15, 0.2) is 0 Å². The molecule has 0 fully saturated rings. The topological polar surface area (TPSA) is 59.3 Å². The molecule has 1 aliphatic carbocycles. The monoisotopic (exact) mass is 499 g/mol. The first-order valence-corrected chi connectivity index (χ1v) is 12.8. The lowest BCUT2D eigenvalue weighted by molar-refractivity contribution is -0.117. The predicted molar refractivity (Wildman–Crippen MR) is 150 cm³/mol. The van der Waals surface area contributed by atoms with Gasteiger partial charge in [0.1, 0.15) is 29.1 Å². The zero-order valence-electron chi connectivity index (χ0n) is 21.6. The molecule has 38 heavy (non-hydrogen) atoms. The van der Waals surface area contributed by atoms with E-state index in [1.54, 1.807) is 7.11 Å². The molecule has 1 unspecified atom stereocenters. The zero-order chi connectivity index (χ0) is 26.5. The van der Waals surface area contributed by atoms with E-state index in [0.29, 0.717) is 12.8 Å². The van der Waals surface area contributed by atoms with Crippen molar-refractivity contribution in [1.29, 1.82) is 5.26 Å². The highest BCUT2D eigenvalue weighted by Crippen LogP contribution is 2.49. The lowest BCUT2D eigenvalue weighted by atomic mass is 9.88. The molecule has 4 aromatic carbocycles. The van der Waals surface area contributed by atoms with E-state index in [1.807, 2.05) is 97.1 Å². The molecule has 4 aromatic rings. The minimum atomic E-state index is 0.135. The van der Waals surface area contributed by atoms with Gasteiger partial charge in [-0.1, -0.05) is 61.5 Å². The van der Waals surface area contributed by atoms with Gasteiger partial charge in [-0.2, -0.15) is 5.26 Å². The first-order valence-electron chi connectivity index (χ1n) is 12.8. The summed E-state index contributed by atoms with van der Waals surface area (Å²) in [5.74, 6) is 2.61. The third kappa shape index (κ3) is 5.23. The van der Waals surface area contributed by atoms with Crippen LogP contribution in [0.1, 0.15) is 47.1 Å². The Hall–Kier alpha value is -4.62. The lowest BCUT2D eigenvalue weighted by Gasteiger charge is -2.16. The van der Waals surface area contributed by atoms with Crippen LogP contribution in [-0.2, 0) is 17.6 Å². The Labute approximate surface area is 223 Å². The molecule has 0 aliphatic heterocycles. The molecule has 0 amide bonds. The molecule has 0 radical (unpaired) electrons. The number of carbonyl (C=O) groups excluding carboxylic acids is 1. The second kappa shape index (κ2) is 11.2. The van der Waals surface area contributed by atoms with Crippen molar-refractivity contribution in [2.75, 3.05) is 7.11 Å². The van der Waals surface area contributed by atoms with Gasteiger partial charge < -0.3 is 9.47 Å². The number of para-hydroxylation sites is 1. The van der Waals surface area contributed by atoms with E-state index >= 15 is 0 Å². The molecule has 4 nitrogen and oxygen atoms in total. The number of hydrogen-bond acceptors (Lipinski definition) is 4. The summed E-state index contributed by atoms with van der Waals surface area (Å²) in [5, 5.41) is 10.00. The van der Waals surface area contributed by atoms with E-state index in [1.165, 1.54) is 0 Å². The van der Waals surface area contributed by atoms with E-state index in [2.05, 4.69) is 13.0 Å². The molecule has 1 aliphatic rings. The smallest absolute Gasteiger partial charge is 0.141 e. The Morgan fingerprint density at radius 2 is 1.42 bits per heavy atom. The van der Waals surface area contributed by atoms with E-state index < -0.39 is 0 Å². The zero-order valence-corrected chi connectivity index (χ0v) is 21.6. The molecular formula is C34H29NO3. The molecule has 0 saturated carbocycles. The van der Waals surface area contributed by atoms with Crippen molar-refractivity contribution in [3.8, 4) is 23.3 Å². The van der Waals surface area contributed by atoms with Crippen LogP contribution in [0.4, 0.5) is 0 Å². The van der Waals surface area contributed by atoms with Crippen LogP contribution in [0.15, 0.2) is 97.1 Å². The van der Waals surface area contributed by atoms with Crippen LogP contribution < -0.4 is 9.47 Å². The van der Waals surface area contributed by atoms with Crippen LogP contribution in [0.3, 0.4) is 0 Å². The number of ether oxygens (including phenoxy) is 2. The Morgan fingerprint density at radius 1 is 0.816 bits per heavy atom. The third-order valence-electron chi connectivity index (χ3n) is 7.01. The van der Waals surface area contributed by atoms with Gasteiger partial charge in [0, 0.05) is 18.8 Å². The quantitative estimate of drug-likeness (QED) is 0.236. The molecule has 4 heteroatoms. The Morgan fingerprint density at radius 3 is 2.03 bits per heavy atom. The fraction of sp³-hybridized carbons (Fsp3) is 0.176. The van der Waals surface area contributed by atoms with Gasteiger partial charge >= 0.3 is 0 Å². The van der Waals surface area contributed by atoms with Crippen LogP contribution in [-0.4, -0.2) is 12.9 Å². The summed E-state index contributed by atoms with van der Waals surface area (Å²) < 4.78 is 11.3. The average Bonchev–Trinajstić information content (AvgIpc) is 3.27. The number of ketones is 1. The first kappa shape index (κ1) is 25.0. The van der Waals surface area contributed by atoms with E-state index in [0.717, 1.165) is 62.6 Å². The van der Waals surface area contributed by atoms with Crippen molar-refractivity contribution in [3.05, 3.63) is 125 Å². The third-order valence-corrected chi connectivity index (χ3v) is 7.01. The maximum Gasteiger partial charge on any atom is 0.141 e. The normalized spacial score (nSPS) is 14.1. The molecule has 0 bridgehead atoms. The van der Waals surface area contributed by atoms with Crippen molar-refractivity contribution in [2.24, 2.45) is 0 Å². The summed E-state index contributed by atoms with van der Waals surface area (Å²) in [5.41, 5.74) is 6.83. The molecule has 0 spiro atoms. The van der Waals surface area contributed by atoms with Crippen molar-refractivity contribution < 1.29 is 14.3 Å². The minimum absolute atomic E-state index is 0.135. The van der Waals surface area contributed by atoms with Gasteiger partial charge in [0.25, 0.3) is 0 Å². The van der Waals surface area contributed by atoms with E-state index in [-0.39, 0.29) is 11.7 Å². The number of fused-ring (bicyclic) bond motifs is 1. The van der Waals surface area contributed by atoms with Crippen molar-refractivity contribution in [3.63, 3.8) is 0 Å². The average molecular weight is 500 g/mol. The lowest BCUT2D eigenvalue weighted by Crippen LogP contribution is -2.06. The highest BCUT2D eigenvalue weighted by molar-refractivity contribution is 6.05. The van der Waals surface area contributed by atoms with Gasteiger partial charge in [-0.3, -0.25) is 4.79 Å². The molecular weight excluding hydrogens is 470 g/mol. The van der Waals surface area contributed by atoms with Crippen LogP contribution >= 0.6 is 0 Å². The number of allylic oxidation sites excluding steroid dienone is 2. The minimum Gasteiger partial charge on any atom is -0.497 e. The second-order valence-electron chi connectivity index (χ2n) is 9.46. The summed E-state index contributed by atoms with van der Waals surface area (Å²) >= 11 is 0. The largest absolute Gasteiger partial charge is 0.497 e. The van der Waals surface area contributed by atoms with Crippen LogP contribution in [0.25, 0.3) is 11.1 Å². The van der Waals surface area contributed by atoms with Gasteiger partial charge in [-0.05, 0) is 82.3 Å². The first-order chi connectivity index (χ1) is 18.6. The van der Waals surface area contributed by atoms with Crippen LogP contribution in [0.2, 0.25) is 0 Å². The fourth-order valence-electron chi connectivity index (χ4n) is 5.17. The summed E-state index contributed by atoms with van der Waals surface area (Å²) in [6.45, 7) is 2.14. The summed E-state index contributed by atoms with van der Waals surface area (Å²) in [4.78, 5) is 12.8. The standard InChI is InChI=1S/C34H29NO3/c1-3-30-32-21-29(37-2)17-18-31(32)33(22-35)34(30)25-13-9-23(10-14-25)19-26(36)20-24-11-15-28(16-12-24)38-27-7-5-4-6-8-27/h4-18,21,30H,3,19-20H2,1-2H3. The van der Waals surface area contributed by atoms with Crippen molar-refractivity contribution in [2.45, 2.75) is 32.1 Å². The van der Waals surface area contributed by atoms with Gasteiger partial charge in [-0.15, -0.1) is 0 Å². The molecule has 0 aromatic heterocycles. The second-order valence-corrected chi connectivity index (χ2v) is 9.46. The highest BCUT2D eigenvalue weighted by atomic mass is 16.5. The fourth-order valence-corrected chi connectivity index (χ4v) is 5.17. The molecule has 5 rings (SSSR count). The maximum atomic E-state index is 12.8. The number of methoxy groups -OCH3 is 1. The number of carbonyl (C=O) groups is 1. The number of rotatable bonds is 9. The summed E-state index contributed by atoms with van der Waals surface area (Å²) in [6.07, 6.45) is 1.61. The number of Topliss-reactive ketones (excluding diaryl/α,β-unsaturated/α-hetero) is 1. The van der Waals surface area contributed by atoms with Gasteiger partial charge in [-0.25, -0.2) is 0 Å². The van der Waals surface area contributed by atoms with Crippen molar-refractivity contribution >= 4 is 16.9 Å². The maximum absolute atomic E-state index is 12.8. The van der Waals surface area contributed by atoms with Crippen LogP contribution in [0.5, 0.6) is 17.2 Å². The van der Waals surface area contributed by atoms with Crippen LogP contribution in [0, 0.1) is 11.3 Å². The number of nitrogens with zero attached hydrogens (tertiary/aromatic N) is 1. The molecule has 0 N–H and O–H groups in total. The number of benzene rings is 4. The molecule has 0 saturated heterocycles. The van der Waals surface area contributed by atoms with E-state index in [4.69, 9.17) is 9.47 Å². The predicted octanol–water partition coefficient (Wildman–Crippen LogP) is 7.78. The molecule has 188 valence electrons.